The topological polar surface area (TPSA) is 21.7 Å². The molecule has 0 fully saturated rings. The van der Waals surface area contributed by atoms with Gasteiger partial charge in [0.1, 0.15) is 33.4 Å². The van der Waals surface area contributed by atoms with Crippen LogP contribution in [-0.4, -0.2) is 16.1 Å². The third-order valence-corrected chi connectivity index (χ3v) is 19.6. The predicted octanol–water partition coefficient (Wildman–Crippen LogP) is 9.63. The normalized spacial score (nSPS) is 15.7. The highest BCUT2D eigenvalue weighted by Crippen LogP contribution is 2.55. The number of hydrogen-bond donors (Lipinski definition) is 0. The Morgan fingerprint density at radius 2 is 0.957 bits per heavy atom. The Hall–Kier alpha value is -4.15. The van der Waals surface area contributed by atoms with Crippen LogP contribution in [0.1, 0.15) is 0 Å². The van der Waals surface area contributed by atoms with E-state index in [0.29, 0.717) is 0 Å². The van der Waals surface area contributed by atoms with Gasteiger partial charge >= 0.3 is 0 Å². The number of ether oxygens (including phenoxy) is 2. The Bertz CT molecular complexity index is 2140. The fourth-order valence-electron chi connectivity index (χ4n) is 7.35. The molecule has 0 saturated heterocycles. The molecule has 0 N–H and O–H groups in total. The van der Waals surface area contributed by atoms with E-state index < -0.39 is 16.1 Å². The van der Waals surface area contributed by atoms with E-state index in [2.05, 4.69) is 152 Å². The summed E-state index contributed by atoms with van der Waals surface area (Å²) in [6.07, 6.45) is 0. The Balaban J connectivity index is 1.32. The average Bonchev–Trinajstić information content (AvgIpc) is 3.08. The quantitative estimate of drug-likeness (QED) is 0.173. The second kappa shape index (κ2) is 10.7. The van der Waals surface area contributed by atoms with Crippen molar-refractivity contribution in [2.75, 3.05) is 4.90 Å². The number of fused-ring (bicyclic) bond motifs is 6. The van der Waals surface area contributed by atoms with Gasteiger partial charge in [0.15, 0.2) is 5.75 Å². The lowest BCUT2D eigenvalue weighted by Crippen LogP contribution is -2.56. The predicted molar refractivity (Wildman–Crippen MR) is 202 cm³/mol. The maximum Gasteiger partial charge on any atom is 0.151 e. The van der Waals surface area contributed by atoms with Gasteiger partial charge in [-0.2, -0.15) is 0 Å². The van der Waals surface area contributed by atoms with Crippen LogP contribution in [0.3, 0.4) is 0 Å². The maximum atomic E-state index is 6.97. The molecule has 0 radical (unpaired) electrons. The monoisotopic (exact) mass is 679 g/mol. The standard InChI is InChI=1S/C40H33NO2S2Si2/c1-46(2)34-22-9-6-18-30(34)43-38-26(14-12-24-36(38)46)41(27-15-11-19-31-39(27)44-32-20-7-5-17-29(32)42-31)28-16-13-25-37-40(28)45-33-21-8-10-23-35(33)47(37,3)4/h5-25H,1-4H3. The Morgan fingerprint density at radius 3 is 1.77 bits per heavy atom. The van der Waals surface area contributed by atoms with Crippen LogP contribution in [-0.2, 0) is 0 Å². The summed E-state index contributed by atoms with van der Waals surface area (Å²) in [5.41, 5.74) is 3.31. The van der Waals surface area contributed by atoms with Gasteiger partial charge in [-0.05, 0) is 69.3 Å². The zero-order valence-electron chi connectivity index (χ0n) is 26.7. The summed E-state index contributed by atoms with van der Waals surface area (Å²) >= 11 is 3.69. The summed E-state index contributed by atoms with van der Waals surface area (Å²) < 4.78 is 13.5. The molecule has 0 aliphatic carbocycles. The summed E-state index contributed by atoms with van der Waals surface area (Å²) in [5, 5.41) is 5.62. The van der Waals surface area contributed by atoms with Crippen LogP contribution in [0.2, 0.25) is 26.2 Å². The minimum absolute atomic E-state index is 0.875. The van der Waals surface area contributed by atoms with Crippen molar-refractivity contribution in [3.63, 3.8) is 0 Å². The van der Waals surface area contributed by atoms with Crippen LogP contribution >= 0.6 is 23.5 Å². The zero-order valence-corrected chi connectivity index (χ0v) is 30.3. The molecule has 0 spiro atoms. The molecule has 47 heavy (non-hydrogen) atoms. The first-order valence-electron chi connectivity index (χ1n) is 16.0. The lowest BCUT2D eigenvalue weighted by molar-refractivity contribution is 0.455. The van der Waals surface area contributed by atoms with Crippen LogP contribution in [0.25, 0.3) is 0 Å². The Morgan fingerprint density at radius 1 is 0.426 bits per heavy atom. The lowest BCUT2D eigenvalue weighted by atomic mass is 10.1. The molecule has 3 heterocycles. The molecule has 230 valence electrons. The number of hydrogen-bond acceptors (Lipinski definition) is 5. The highest BCUT2D eigenvalue weighted by Gasteiger charge is 2.41. The second-order valence-corrected chi connectivity index (χ2v) is 24.1. The fourth-order valence-corrected chi connectivity index (χ4v) is 16.8. The summed E-state index contributed by atoms with van der Waals surface area (Å²) in [4.78, 5) is 7.37. The summed E-state index contributed by atoms with van der Waals surface area (Å²) in [6.45, 7) is 9.86. The van der Waals surface area contributed by atoms with Crippen molar-refractivity contribution in [3.05, 3.63) is 127 Å². The van der Waals surface area contributed by atoms with Gasteiger partial charge in [0.25, 0.3) is 0 Å². The molecule has 0 saturated carbocycles. The van der Waals surface area contributed by atoms with Gasteiger partial charge in [-0.1, -0.05) is 129 Å². The molecule has 6 aromatic rings. The van der Waals surface area contributed by atoms with Gasteiger partial charge in [0.2, 0.25) is 0 Å². The molecule has 0 aromatic heterocycles. The van der Waals surface area contributed by atoms with Crippen molar-refractivity contribution in [3.8, 4) is 23.0 Å². The van der Waals surface area contributed by atoms with E-state index in [1.807, 2.05) is 17.8 Å². The number of benzene rings is 6. The van der Waals surface area contributed by atoms with Gasteiger partial charge in [0.05, 0.1) is 26.9 Å². The third-order valence-electron chi connectivity index (χ3n) is 9.84. The number of anilines is 3. The molecule has 3 aliphatic heterocycles. The number of para-hydroxylation sites is 3. The minimum atomic E-state index is -2.07. The maximum absolute atomic E-state index is 6.97. The van der Waals surface area contributed by atoms with Gasteiger partial charge in [0, 0.05) is 9.79 Å². The van der Waals surface area contributed by atoms with Crippen molar-refractivity contribution >= 4 is 77.5 Å². The second-order valence-electron chi connectivity index (χ2n) is 13.3. The van der Waals surface area contributed by atoms with Crippen molar-refractivity contribution in [2.24, 2.45) is 0 Å². The first-order chi connectivity index (χ1) is 22.8. The van der Waals surface area contributed by atoms with Gasteiger partial charge in [-0.25, -0.2) is 0 Å². The van der Waals surface area contributed by atoms with Gasteiger partial charge in [-0.15, -0.1) is 0 Å². The molecule has 0 amide bonds. The molecule has 9 rings (SSSR count). The van der Waals surface area contributed by atoms with Crippen molar-refractivity contribution < 1.29 is 9.47 Å². The first-order valence-corrected chi connectivity index (χ1v) is 23.7. The number of rotatable bonds is 3. The van der Waals surface area contributed by atoms with E-state index in [1.165, 1.54) is 36.2 Å². The molecule has 6 aromatic carbocycles. The van der Waals surface area contributed by atoms with Crippen LogP contribution in [0.5, 0.6) is 23.0 Å². The van der Waals surface area contributed by atoms with Crippen LogP contribution in [0.4, 0.5) is 17.1 Å². The van der Waals surface area contributed by atoms with Crippen LogP contribution < -0.4 is 35.1 Å². The third kappa shape index (κ3) is 4.40. The minimum Gasteiger partial charge on any atom is -0.455 e. The molecule has 0 atom stereocenters. The van der Waals surface area contributed by atoms with Gasteiger partial charge < -0.3 is 14.4 Å². The van der Waals surface area contributed by atoms with Crippen LogP contribution in [0, 0.1) is 0 Å². The Labute approximate surface area is 286 Å². The molecule has 0 unspecified atom stereocenters. The largest absolute Gasteiger partial charge is 0.455 e. The summed E-state index contributed by atoms with van der Waals surface area (Å²) in [6, 6.07) is 46.0. The molecular weight excluding hydrogens is 647 g/mol. The molecule has 3 nitrogen and oxygen atoms in total. The molecular formula is C40H33NO2S2Si2. The average molecular weight is 680 g/mol. The number of nitrogens with zero attached hydrogens (tertiary/aromatic N) is 1. The van der Waals surface area contributed by atoms with E-state index in [-0.39, 0.29) is 0 Å². The van der Waals surface area contributed by atoms with E-state index in [1.54, 1.807) is 11.8 Å². The molecule has 7 heteroatoms. The van der Waals surface area contributed by atoms with Crippen molar-refractivity contribution in [1.29, 1.82) is 0 Å². The van der Waals surface area contributed by atoms with Gasteiger partial charge in [-0.3, -0.25) is 0 Å². The van der Waals surface area contributed by atoms with Crippen LogP contribution in [0.15, 0.2) is 147 Å². The van der Waals surface area contributed by atoms with E-state index in [9.17, 15) is 0 Å². The SMILES string of the molecule is C[Si]1(C)c2ccccc2Oc2c(N(c3cccc4c3Sc3ccccc3O4)c3cccc4c3Sc3ccccc3[Si]4(C)C)cccc21. The lowest BCUT2D eigenvalue weighted by Gasteiger charge is -2.39. The van der Waals surface area contributed by atoms with E-state index in [0.717, 1.165) is 44.2 Å². The highest BCUT2D eigenvalue weighted by atomic mass is 32.2. The summed E-state index contributed by atoms with van der Waals surface area (Å²) in [5.74, 6) is 3.70. The molecule has 3 aliphatic rings. The van der Waals surface area contributed by atoms with E-state index in [4.69, 9.17) is 9.47 Å². The van der Waals surface area contributed by atoms with E-state index >= 15 is 0 Å². The van der Waals surface area contributed by atoms with Crippen molar-refractivity contribution in [1.82, 2.24) is 0 Å². The summed E-state index contributed by atoms with van der Waals surface area (Å²) in [7, 11) is -4.05. The smallest absolute Gasteiger partial charge is 0.151 e. The zero-order chi connectivity index (χ0) is 31.9. The molecule has 0 bridgehead atoms. The highest BCUT2D eigenvalue weighted by molar-refractivity contribution is 8.00. The Kier molecular flexibility index (Phi) is 6.60. The van der Waals surface area contributed by atoms with Crippen molar-refractivity contribution in [2.45, 2.75) is 45.8 Å². The fraction of sp³-hybridized carbons (Fsp3) is 0.100. The first kappa shape index (κ1) is 29.0.